The van der Waals surface area contributed by atoms with Crippen molar-refractivity contribution < 1.29 is 26.4 Å². The van der Waals surface area contributed by atoms with Crippen molar-refractivity contribution in [3.63, 3.8) is 0 Å². The number of carbonyl (C=O) groups is 1. The second kappa shape index (κ2) is 8.75. The molecule has 0 unspecified atom stereocenters. The van der Waals surface area contributed by atoms with Gasteiger partial charge in [-0.3, -0.25) is 9.52 Å². The van der Waals surface area contributed by atoms with Gasteiger partial charge in [0.05, 0.1) is 21.8 Å². The number of anilines is 3. The molecule has 0 bridgehead atoms. The van der Waals surface area contributed by atoms with Gasteiger partial charge in [0, 0.05) is 38.8 Å². The van der Waals surface area contributed by atoms with Crippen LogP contribution in [0.5, 0.6) is 0 Å². The molecular weight excluding hydrogens is 433 g/mol. The van der Waals surface area contributed by atoms with E-state index in [0.717, 1.165) is 12.1 Å². The Morgan fingerprint density at radius 3 is 2.16 bits per heavy atom. The molecule has 7 nitrogen and oxygen atoms in total. The van der Waals surface area contributed by atoms with Crippen LogP contribution in [-0.4, -0.2) is 52.5 Å². The molecule has 2 N–H and O–H groups in total. The lowest BCUT2D eigenvalue weighted by Gasteiger charge is -2.35. The molecule has 1 fully saturated rings. The number of benzene rings is 2. The molecule has 0 aromatic heterocycles. The van der Waals surface area contributed by atoms with Gasteiger partial charge in [0.2, 0.25) is 5.91 Å². The summed E-state index contributed by atoms with van der Waals surface area (Å²) in [7, 11) is -2.22. The first-order valence-electron chi connectivity index (χ1n) is 9.51. The standard InChI is InChI=1S/C20H23F3N4O3S/c1-14(28)24-16-4-6-17(7-5-16)31(29,30)25-18-13-15(20(21,22)23)3-8-19(18)27-11-9-26(2)10-12-27/h3-8,13,25H,9-12H2,1-2H3,(H,24,28). The number of piperazine rings is 1. The Morgan fingerprint density at radius 2 is 1.61 bits per heavy atom. The van der Waals surface area contributed by atoms with Gasteiger partial charge in [-0.25, -0.2) is 8.42 Å². The summed E-state index contributed by atoms with van der Waals surface area (Å²) in [5.41, 5.74) is -0.280. The van der Waals surface area contributed by atoms with Crippen LogP contribution in [-0.2, 0) is 21.0 Å². The Morgan fingerprint density at radius 1 is 1.00 bits per heavy atom. The van der Waals surface area contributed by atoms with Crippen LogP contribution < -0.4 is 14.9 Å². The third kappa shape index (κ3) is 5.67. The number of alkyl halides is 3. The van der Waals surface area contributed by atoms with Crippen molar-refractivity contribution >= 4 is 33.0 Å². The van der Waals surface area contributed by atoms with Gasteiger partial charge in [0.25, 0.3) is 10.0 Å². The number of sulfonamides is 1. The minimum atomic E-state index is -4.61. The molecule has 1 amide bonds. The van der Waals surface area contributed by atoms with Crippen LogP contribution in [0.1, 0.15) is 12.5 Å². The molecule has 168 valence electrons. The van der Waals surface area contributed by atoms with Crippen molar-refractivity contribution in [2.45, 2.75) is 18.0 Å². The molecule has 1 aliphatic heterocycles. The van der Waals surface area contributed by atoms with Crippen LogP contribution >= 0.6 is 0 Å². The average molecular weight is 456 g/mol. The van der Waals surface area contributed by atoms with E-state index in [9.17, 15) is 26.4 Å². The molecule has 0 radical (unpaired) electrons. The highest BCUT2D eigenvalue weighted by atomic mass is 32.2. The van der Waals surface area contributed by atoms with E-state index in [-0.39, 0.29) is 16.5 Å². The number of halogens is 3. The smallest absolute Gasteiger partial charge is 0.367 e. The third-order valence-electron chi connectivity index (χ3n) is 4.90. The van der Waals surface area contributed by atoms with Crippen LogP contribution in [0, 0.1) is 0 Å². The van der Waals surface area contributed by atoms with Crippen molar-refractivity contribution in [1.29, 1.82) is 0 Å². The summed E-state index contributed by atoms with van der Waals surface area (Å²) in [5.74, 6) is -0.311. The van der Waals surface area contributed by atoms with Gasteiger partial charge in [-0.2, -0.15) is 13.2 Å². The minimum Gasteiger partial charge on any atom is -0.367 e. The number of rotatable bonds is 5. The molecule has 11 heteroatoms. The van der Waals surface area contributed by atoms with Gasteiger partial charge in [-0.1, -0.05) is 0 Å². The first kappa shape index (κ1) is 22.9. The van der Waals surface area contributed by atoms with E-state index < -0.39 is 21.8 Å². The fourth-order valence-corrected chi connectivity index (χ4v) is 4.31. The molecular formula is C20H23F3N4O3S. The summed E-state index contributed by atoms with van der Waals surface area (Å²) in [5, 5.41) is 2.52. The number of nitrogens with zero attached hydrogens (tertiary/aromatic N) is 2. The quantitative estimate of drug-likeness (QED) is 0.722. The van der Waals surface area contributed by atoms with Crippen LogP contribution in [0.25, 0.3) is 0 Å². The monoisotopic (exact) mass is 456 g/mol. The van der Waals surface area contributed by atoms with E-state index in [0.29, 0.717) is 37.6 Å². The SMILES string of the molecule is CC(=O)Nc1ccc(S(=O)(=O)Nc2cc(C(F)(F)F)ccc2N2CCN(C)CC2)cc1. The number of likely N-dealkylation sites (N-methyl/N-ethyl adjacent to an activating group) is 1. The van der Waals surface area contributed by atoms with E-state index in [1.54, 1.807) is 0 Å². The molecule has 31 heavy (non-hydrogen) atoms. The minimum absolute atomic E-state index is 0.134. The normalized spacial score (nSPS) is 15.6. The summed E-state index contributed by atoms with van der Waals surface area (Å²) >= 11 is 0. The summed E-state index contributed by atoms with van der Waals surface area (Å²) in [6.45, 7) is 3.85. The van der Waals surface area contributed by atoms with Crippen LogP contribution in [0.4, 0.5) is 30.2 Å². The molecule has 3 rings (SSSR count). The highest BCUT2D eigenvalue weighted by Crippen LogP contribution is 2.36. The average Bonchev–Trinajstić information content (AvgIpc) is 2.68. The molecule has 2 aromatic carbocycles. The molecule has 0 saturated carbocycles. The highest BCUT2D eigenvalue weighted by Gasteiger charge is 2.32. The van der Waals surface area contributed by atoms with Gasteiger partial charge < -0.3 is 15.1 Å². The number of amides is 1. The first-order chi connectivity index (χ1) is 14.5. The molecule has 1 aliphatic rings. The van der Waals surface area contributed by atoms with Gasteiger partial charge >= 0.3 is 6.18 Å². The van der Waals surface area contributed by atoms with Crippen molar-refractivity contribution in [1.82, 2.24) is 4.90 Å². The second-order valence-electron chi connectivity index (χ2n) is 7.33. The molecule has 1 saturated heterocycles. The number of hydrogen-bond acceptors (Lipinski definition) is 5. The maximum atomic E-state index is 13.3. The third-order valence-corrected chi connectivity index (χ3v) is 6.28. The summed E-state index contributed by atoms with van der Waals surface area (Å²) in [6.07, 6.45) is -4.61. The molecule has 2 aromatic rings. The van der Waals surface area contributed by atoms with Gasteiger partial charge in [-0.15, -0.1) is 0 Å². The van der Waals surface area contributed by atoms with Crippen LogP contribution in [0.2, 0.25) is 0 Å². The number of carbonyl (C=O) groups excluding carboxylic acids is 1. The Hall–Kier alpha value is -2.79. The highest BCUT2D eigenvalue weighted by molar-refractivity contribution is 7.92. The van der Waals surface area contributed by atoms with E-state index in [4.69, 9.17) is 0 Å². The second-order valence-corrected chi connectivity index (χ2v) is 9.01. The van der Waals surface area contributed by atoms with Crippen molar-refractivity contribution in [2.75, 3.05) is 48.2 Å². The maximum Gasteiger partial charge on any atom is 0.416 e. The van der Waals surface area contributed by atoms with E-state index >= 15 is 0 Å². The van der Waals surface area contributed by atoms with Crippen LogP contribution in [0.3, 0.4) is 0 Å². The number of nitrogens with one attached hydrogen (secondary N) is 2. The largest absolute Gasteiger partial charge is 0.416 e. The predicted molar refractivity (Wildman–Crippen MR) is 113 cm³/mol. The van der Waals surface area contributed by atoms with Crippen molar-refractivity contribution in [2.24, 2.45) is 0 Å². The molecule has 0 aliphatic carbocycles. The van der Waals surface area contributed by atoms with E-state index in [1.807, 2.05) is 11.9 Å². The maximum absolute atomic E-state index is 13.3. The lowest BCUT2D eigenvalue weighted by Crippen LogP contribution is -2.44. The number of hydrogen-bond donors (Lipinski definition) is 2. The van der Waals surface area contributed by atoms with E-state index in [2.05, 4.69) is 14.9 Å². The topological polar surface area (TPSA) is 81.7 Å². The summed E-state index contributed by atoms with van der Waals surface area (Å²) < 4.78 is 67.9. The van der Waals surface area contributed by atoms with Gasteiger partial charge in [0.15, 0.2) is 0 Å². The molecule has 1 heterocycles. The Balaban J connectivity index is 1.94. The zero-order chi connectivity index (χ0) is 22.8. The van der Waals surface area contributed by atoms with Gasteiger partial charge in [0.1, 0.15) is 0 Å². The zero-order valence-electron chi connectivity index (χ0n) is 17.0. The Labute approximate surface area is 178 Å². The molecule has 0 spiro atoms. The summed E-state index contributed by atoms with van der Waals surface area (Å²) in [4.78, 5) is 14.9. The van der Waals surface area contributed by atoms with Crippen molar-refractivity contribution in [3.8, 4) is 0 Å². The molecule has 0 atom stereocenters. The Bertz CT molecular complexity index is 1050. The van der Waals surface area contributed by atoms with Crippen LogP contribution in [0.15, 0.2) is 47.4 Å². The predicted octanol–water partition coefficient (Wildman–Crippen LogP) is 3.22. The Kier molecular flexibility index (Phi) is 6.46. The lowest BCUT2D eigenvalue weighted by atomic mass is 10.1. The fourth-order valence-electron chi connectivity index (χ4n) is 3.24. The summed E-state index contributed by atoms with van der Waals surface area (Å²) in [6, 6.07) is 8.43. The lowest BCUT2D eigenvalue weighted by molar-refractivity contribution is -0.137. The first-order valence-corrected chi connectivity index (χ1v) is 11.0. The fraction of sp³-hybridized carbons (Fsp3) is 0.350. The van der Waals surface area contributed by atoms with Crippen molar-refractivity contribution in [3.05, 3.63) is 48.0 Å². The zero-order valence-corrected chi connectivity index (χ0v) is 17.8. The van der Waals surface area contributed by atoms with Gasteiger partial charge in [-0.05, 0) is 49.5 Å². The van der Waals surface area contributed by atoms with E-state index in [1.165, 1.54) is 37.3 Å².